The molecule has 2 aromatic carbocycles. The Morgan fingerprint density at radius 3 is 2.45 bits per heavy atom. The van der Waals surface area contributed by atoms with E-state index in [2.05, 4.69) is 46.6 Å². The lowest BCUT2D eigenvalue weighted by atomic mass is 10.1. The number of carbonyl (C=O) groups is 1. The van der Waals surface area contributed by atoms with Crippen molar-refractivity contribution >= 4 is 11.7 Å². The predicted octanol–water partition coefficient (Wildman–Crippen LogP) is 4.35. The van der Waals surface area contributed by atoms with Crippen molar-refractivity contribution in [3.05, 3.63) is 65.7 Å². The number of anilines is 1. The van der Waals surface area contributed by atoms with Gasteiger partial charge in [0.05, 0.1) is 6.54 Å². The van der Waals surface area contributed by atoms with E-state index in [1.54, 1.807) is 0 Å². The Labute approximate surface area is 173 Å². The number of carbonyl (C=O) groups excluding carboxylic acids is 1. The topological polar surface area (TPSA) is 44.8 Å². The predicted molar refractivity (Wildman–Crippen MR) is 116 cm³/mol. The molecule has 1 N–H and O–H groups in total. The summed E-state index contributed by atoms with van der Waals surface area (Å²) in [7, 11) is 0. The number of hydrogen-bond donors (Lipinski definition) is 1. The minimum Gasteiger partial charge on any atom is -0.372 e. The van der Waals surface area contributed by atoms with E-state index in [-0.39, 0.29) is 12.1 Å². The van der Waals surface area contributed by atoms with Gasteiger partial charge in [-0.25, -0.2) is 4.79 Å². The largest absolute Gasteiger partial charge is 0.372 e. The molecule has 5 nitrogen and oxygen atoms in total. The van der Waals surface area contributed by atoms with Crippen molar-refractivity contribution in [2.24, 2.45) is 0 Å². The molecule has 2 aromatic rings. The number of urea groups is 1. The van der Waals surface area contributed by atoms with Gasteiger partial charge in [0.15, 0.2) is 0 Å². The molecule has 2 fully saturated rings. The number of nitrogens with one attached hydrogen (secondary N) is 1. The molecule has 1 unspecified atom stereocenters. The molecule has 1 atom stereocenters. The summed E-state index contributed by atoms with van der Waals surface area (Å²) in [6.07, 6.45) is 4.70. The van der Waals surface area contributed by atoms with E-state index >= 15 is 0 Å². The highest BCUT2D eigenvalue weighted by atomic mass is 16.5. The normalized spacial score (nSPS) is 20.2. The van der Waals surface area contributed by atoms with Crippen LogP contribution in [0.1, 0.15) is 42.9 Å². The van der Waals surface area contributed by atoms with E-state index in [4.69, 9.17) is 4.74 Å². The van der Waals surface area contributed by atoms with Gasteiger partial charge >= 0.3 is 6.03 Å². The highest BCUT2D eigenvalue weighted by molar-refractivity contribution is 5.74. The molecule has 4 rings (SSSR count). The number of piperidine rings is 1. The first kappa shape index (κ1) is 19.8. The van der Waals surface area contributed by atoms with Gasteiger partial charge in [-0.2, -0.15) is 0 Å². The minimum absolute atomic E-state index is 0.0171. The van der Waals surface area contributed by atoms with Crippen LogP contribution in [0.2, 0.25) is 0 Å². The fourth-order valence-corrected chi connectivity index (χ4v) is 4.15. The fourth-order valence-electron chi connectivity index (χ4n) is 4.15. The van der Waals surface area contributed by atoms with Crippen molar-refractivity contribution in [3.63, 3.8) is 0 Å². The molecule has 0 aliphatic carbocycles. The van der Waals surface area contributed by atoms with Crippen LogP contribution in [0.3, 0.4) is 0 Å². The highest BCUT2D eigenvalue weighted by Crippen LogP contribution is 2.22. The molecule has 5 heteroatoms. The molecule has 154 valence electrons. The number of nitrogens with zero attached hydrogens (tertiary/aromatic N) is 2. The SMILES string of the molecule is O=C(NCc1ccc(N2CCCCC2)cc1)N1CCCOC(c2ccccc2)C1. The van der Waals surface area contributed by atoms with Crippen molar-refractivity contribution in [3.8, 4) is 0 Å². The van der Waals surface area contributed by atoms with Crippen LogP contribution in [0.4, 0.5) is 10.5 Å². The molecule has 29 heavy (non-hydrogen) atoms. The summed E-state index contributed by atoms with van der Waals surface area (Å²) in [5.74, 6) is 0. The Balaban J connectivity index is 1.31. The Morgan fingerprint density at radius 1 is 0.931 bits per heavy atom. The van der Waals surface area contributed by atoms with Crippen LogP contribution >= 0.6 is 0 Å². The molecular formula is C24H31N3O2. The van der Waals surface area contributed by atoms with Gasteiger partial charge in [-0.15, -0.1) is 0 Å². The van der Waals surface area contributed by atoms with Gasteiger partial charge in [-0.05, 0) is 48.9 Å². The number of rotatable bonds is 4. The molecule has 2 saturated heterocycles. The first-order chi connectivity index (χ1) is 14.3. The van der Waals surface area contributed by atoms with E-state index in [1.165, 1.54) is 24.9 Å². The Hall–Kier alpha value is -2.53. The van der Waals surface area contributed by atoms with Crippen molar-refractivity contribution in [1.82, 2.24) is 10.2 Å². The third-order valence-electron chi connectivity index (χ3n) is 5.84. The van der Waals surface area contributed by atoms with Crippen LogP contribution in [-0.4, -0.2) is 43.7 Å². The van der Waals surface area contributed by atoms with E-state index in [9.17, 15) is 4.79 Å². The third kappa shape index (κ3) is 5.30. The van der Waals surface area contributed by atoms with Gasteiger partial charge in [0, 0.05) is 38.5 Å². The Bertz CT molecular complexity index is 772. The van der Waals surface area contributed by atoms with Gasteiger partial charge in [0.25, 0.3) is 0 Å². The van der Waals surface area contributed by atoms with E-state index in [1.807, 2.05) is 23.1 Å². The second-order valence-corrected chi connectivity index (χ2v) is 7.94. The second-order valence-electron chi connectivity index (χ2n) is 7.94. The fraction of sp³-hybridized carbons (Fsp3) is 0.458. The molecule has 0 saturated carbocycles. The first-order valence-electron chi connectivity index (χ1n) is 10.8. The smallest absolute Gasteiger partial charge is 0.317 e. The maximum absolute atomic E-state index is 12.8. The van der Waals surface area contributed by atoms with Crippen LogP contribution in [0.25, 0.3) is 0 Å². The van der Waals surface area contributed by atoms with Gasteiger partial charge < -0.3 is 19.9 Å². The van der Waals surface area contributed by atoms with Gasteiger partial charge in [0.2, 0.25) is 0 Å². The Kier molecular flexibility index (Phi) is 6.67. The van der Waals surface area contributed by atoms with Gasteiger partial charge in [-0.1, -0.05) is 42.5 Å². The maximum atomic E-state index is 12.8. The quantitative estimate of drug-likeness (QED) is 0.840. The highest BCUT2D eigenvalue weighted by Gasteiger charge is 2.23. The van der Waals surface area contributed by atoms with Crippen LogP contribution in [0, 0.1) is 0 Å². The standard InChI is InChI=1S/C24H31N3O2/c28-24(27-16-7-17-29-23(19-27)21-8-3-1-4-9-21)25-18-20-10-12-22(13-11-20)26-14-5-2-6-15-26/h1,3-4,8-13,23H,2,5-7,14-19H2,(H,25,28). The number of ether oxygens (including phenoxy) is 1. The van der Waals surface area contributed by atoms with Crippen LogP contribution in [-0.2, 0) is 11.3 Å². The summed E-state index contributed by atoms with van der Waals surface area (Å²) in [6, 6.07) is 18.8. The van der Waals surface area contributed by atoms with Gasteiger partial charge in [0.1, 0.15) is 6.10 Å². The van der Waals surface area contributed by atoms with Crippen molar-refractivity contribution in [1.29, 1.82) is 0 Å². The zero-order chi connectivity index (χ0) is 19.9. The molecule has 2 aliphatic rings. The lowest BCUT2D eigenvalue weighted by Gasteiger charge is -2.29. The molecule has 0 bridgehead atoms. The first-order valence-corrected chi connectivity index (χ1v) is 10.8. The molecule has 0 spiro atoms. The maximum Gasteiger partial charge on any atom is 0.317 e. The number of benzene rings is 2. The summed E-state index contributed by atoms with van der Waals surface area (Å²) >= 11 is 0. The van der Waals surface area contributed by atoms with E-state index < -0.39 is 0 Å². The third-order valence-corrected chi connectivity index (χ3v) is 5.84. The lowest BCUT2D eigenvalue weighted by Crippen LogP contribution is -2.41. The number of hydrogen-bond acceptors (Lipinski definition) is 3. The zero-order valence-corrected chi connectivity index (χ0v) is 17.1. The summed E-state index contributed by atoms with van der Waals surface area (Å²) < 4.78 is 5.98. The Morgan fingerprint density at radius 2 is 1.69 bits per heavy atom. The summed E-state index contributed by atoms with van der Waals surface area (Å²) in [5.41, 5.74) is 3.54. The average molecular weight is 394 g/mol. The van der Waals surface area contributed by atoms with E-state index in [0.29, 0.717) is 19.7 Å². The molecular weight excluding hydrogens is 362 g/mol. The summed E-state index contributed by atoms with van der Waals surface area (Å²) in [5, 5.41) is 3.09. The van der Waals surface area contributed by atoms with Crippen LogP contribution in [0.15, 0.2) is 54.6 Å². The van der Waals surface area contributed by atoms with Crippen molar-refractivity contribution in [2.75, 3.05) is 37.7 Å². The lowest BCUT2D eigenvalue weighted by molar-refractivity contribution is 0.0573. The monoisotopic (exact) mass is 393 g/mol. The molecule has 0 radical (unpaired) electrons. The summed E-state index contributed by atoms with van der Waals surface area (Å²) in [4.78, 5) is 17.1. The van der Waals surface area contributed by atoms with Crippen molar-refractivity contribution in [2.45, 2.75) is 38.3 Å². The average Bonchev–Trinajstić information content (AvgIpc) is 3.06. The zero-order valence-electron chi connectivity index (χ0n) is 17.1. The van der Waals surface area contributed by atoms with Crippen molar-refractivity contribution < 1.29 is 9.53 Å². The minimum atomic E-state index is -0.0618. The van der Waals surface area contributed by atoms with Crippen LogP contribution < -0.4 is 10.2 Å². The molecule has 2 heterocycles. The van der Waals surface area contributed by atoms with Crippen LogP contribution in [0.5, 0.6) is 0 Å². The van der Waals surface area contributed by atoms with Gasteiger partial charge in [-0.3, -0.25) is 0 Å². The second kappa shape index (κ2) is 9.79. The molecule has 2 aliphatic heterocycles. The molecule has 0 aromatic heterocycles. The summed E-state index contributed by atoms with van der Waals surface area (Å²) in [6.45, 7) is 4.84. The number of amides is 2. The molecule has 2 amide bonds. The van der Waals surface area contributed by atoms with E-state index in [0.717, 1.165) is 37.2 Å².